The predicted molar refractivity (Wildman–Crippen MR) is 314 cm³/mol. The lowest BCUT2D eigenvalue weighted by molar-refractivity contribution is 0.628. The normalized spacial score (nSPS) is 11.8. The van der Waals surface area contributed by atoms with Gasteiger partial charge in [-0.1, -0.05) is 36.4 Å². The zero-order chi connectivity index (χ0) is 53.6. The molecule has 0 N–H and O–H groups in total. The molecule has 6 aromatic heterocycles. The number of nitrogens with zero attached hydrogens (tertiary/aromatic N) is 6. The average molecular weight is 1040 g/mol. The summed E-state index contributed by atoms with van der Waals surface area (Å²) in [6.07, 6.45) is 7.15. The zero-order valence-electron chi connectivity index (χ0n) is 42.3. The van der Waals surface area contributed by atoms with Gasteiger partial charge in [0.1, 0.15) is 23.3 Å². The molecule has 378 valence electrons. The maximum atomic E-state index is 15.2. The monoisotopic (exact) mass is 1040 g/mol. The van der Waals surface area contributed by atoms with Gasteiger partial charge < -0.3 is 9.13 Å². The molecule has 6 nitrogen and oxygen atoms in total. The van der Waals surface area contributed by atoms with E-state index in [2.05, 4.69) is 81.9 Å². The second kappa shape index (κ2) is 18.6. The molecule has 0 bridgehead atoms. The summed E-state index contributed by atoms with van der Waals surface area (Å²) >= 11 is 0. The molecule has 0 amide bonds. The van der Waals surface area contributed by atoms with Crippen LogP contribution in [0.5, 0.6) is 0 Å². The summed E-state index contributed by atoms with van der Waals surface area (Å²) in [7, 11) is 0. The Morgan fingerprint density at radius 3 is 0.800 bits per heavy atom. The largest absolute Gasteiger partial charge is 0.309 e. The van der Waals surface area contributed by atoms with Crippen LogP contribution in [0.15, 0.2) is 243 Å². The maximum Gasteiger partial charge on any atom is 0.123 e. The lowest BCUT2D eigenvalue weighted by Crippen LogP contribution is -1.99. The highest BCUT2D eigenvalue weighted by molar-refractivity contribution is 6.23. The molecule has 15 rings (SSSR count). The third-order valence-corrected chi connectivity index (χ3v) is 15.3. The van der Waals surface area contributed by atoms with Crippen LogP contribution in [-0.4, -0.2) is 29.1 Å². The fraction of sp³-hybridized carbons (Fsp3) is 0. The van der Waals surface area contributed by atoms with Crippen LogP contribution in [0.3, 0.4) is 0 Å². The van der Waals surface area contributed by atoms with E-state index in [0.29, 0.717) is 43.6 Å². The molecular weight excluding hydrogens is 1000 g/mol. The smallest absolute Gasteiger partial charge is 0.123 e. The van der Waals surface area contributed by atoms with Crippen molar-refractivity contribution < 1.29 is 17.6 Å². The van der Waals surface area contributed by atoms with Crippen molar-refractivity contribution >= 4 is 65.2 Å². The van der Waals surface area contributed by atoms with Crippen molar-refractivity contribution in [2.24, 2.45) is 0 Å². The van der Waals surface area contributed by atoms with Crippen molar-refractivity contribution in [2.75, 3.05) is 0 Å². The van der Waals surface area contributed by atoms with Gasteiger partial charge >= 0.3 is 0 Å². The molecule has 0 aliphatic heterocycles. The summed E-state index contributed by atoms with van der Waals surface area (Å²) in [4.78, 5) is 19.4. The van der Waals surface area contributed by atoms with Gasteiger partial charge in [-0.25, -0.2) is 17.6 Å². The number of fused-ring (bicyclic) bond motifs is 8. The van der Waals surface area contributed by atoms with Crippen LogP contribution < -0.4 is 0 Å². The Morgan fingerprint density at radius 2 is 0.525 bits per heavy atom. The Balaban J connectivity index is 1.13. The third kappa shape index (κ3) is 7.79. The van der Waals surface area contributed by atoms with E-state index in [-0.39, 0.29) is 0 Å². The number of hydrogen-bond donors (Lipinski definition) is 0. The average Bonchev–Trinajstić information content (AvgIpc) is 4.14. The molecule has 0 unspecified atom stereocenters. The molecule has 0 saturated carbocycles. The number of rotatable bonds is 8. The number of hydrogen-bond acceptors (Lipinski definition) is 4. The predicted octanol–water partition coefficient (Wildman–Crippen LogP) is 18.3. The lowest BCUT2D eigenvalue weighted by atomic mass is 9.83. The van der Waals surface area contributed by atoms with Crippen molar-refractivity contribution in [1.82, 2.24) is 29.1 Å². The molecule has 15 aromatic rings. The minimum atomic E-state index is -0.424. The first-order valence-electron chi connectivity index (χ1n) is 26.1. The Hall–Kier alpha value is -10.6. The quantitative estimate of drug-likeness (QED) is 0.112. The molecule has 0 aliphatic carbocycles. The van der Waals surface area contributed by atoms with Crippen LogP contribution in [0.2, 0.25) is 0 Å². The molecule has 0 atom stereocenters. The highest BCUT2D eigenvalue weighted by Crippen LogP contribution is 2.49. The second-order valence-electron chi connectivity index (χ2n) is 20.0. The van der Waals surface area contributed by atoms with Crippen LogP contribution in [0.4, 0.5) is 17.6 Å². The Labute approximate surface area is 454 Å². The van der Waals surface area contributed by atoms with E-state index in [1.165, 1.54) is 48.5 Å². The van der Waals surface area contributed by atoms with Gasteiger partial charge in [0, 0.05) is 80.0 Å². The minimum absolute atomic E-state index is 0.424. The fourth-order valence-corrected chi connectivity index (χ4v) is 11.9. The van der Waals surface area contributed by atoms with Crippen molar-refractivity contribution in [2.45, 2.75) is 0 Å². The van der Waals surface area contributed by atoms with Gasteiger partial charge in [0.15, 0.2) is 0 Å². The van der Waals surface area contributed by atoms with E-state index in [1.807, 2.05) is 72.8 Å². The van der Waals surface area contributed by atoms with Crippen molar-refractivity contribution in [3.8, 4) is 78.7 Å². The summed E-state index contributed by atoms with van der Waals surface area (Å²) in [5.41, 5.74) is 14.5. The number of aromatic nitrogens is 6. The van der Waals surface area contributed by atoms with Crippen LogP contribution in [0.1, 0.15) is 0 Å². The molecular formula is C70H40F4N6. The van der Waals surface area contributed by atoms with E-state index in [9.17, 15) is 0 Å². The first-order valence-corrected chi connectivity index (χ1v) is 26.1. The molecule has 0 aliphatic rings. The van der Waals surface area contributed by atoms with Gasteiger partial charge in [-0.3, -0.25) is 19.9 Å². The lowest BCUT2D eigenvalue weighted by Gasteiger charge is -2.22. The maximum absolute atomic E-state index is 15.2. The Bertz CT molecular complexity index is 4430. The SMILES string of the molecule is Fc1ccc2c(c1)c1cc(F)ccc1n2-c1ccc2c(-c3cc(-c4ccccn4)cc(-c4ccccn4)c3)c3cc(-n4c5ccc(F)cc5c5cc(F)ccc54)ccc3c(-c3cc(-c4ccccn4)cc(-c4ccccn4)c3)c2c1. The first kappa shape index (κ1) is 46.7. The van der Waals surface area contributed by atoms with Crippen LogP contribution in [0, 0.1) is 23.3 Å². The van der Waals surface area contributed by atoms with E-state index < -0.39 is 23.3 Å². The summed E-state index contributed by atoms with van der Waals surface area (Å²) in [6, 6.07) is 67.7. The topological polar surface area (TPSA) is 61.4 Å². The van der Waals surface area contributed by atoms with Crippen molar-refractivity contribution in [1.29, 1.82) is 0 Å². The highest BCUT2D eigenvalue weighted by Gasteiger charge is 2.24. The van der Waals surface area contributed by atoms with Gasteiger partial charge in [0.2, 0.25) is 0 Å². The third-order valence-electron chi connectivity index (χ3n) is 15.3. The van der Waals surface area contributed by atoms with Crippen molar-refractivity contribution in [3.05, 3.63) is 266 Å². The fourth-order valence-electron chi connectivity index (χ4n) is 11.9. The van der Waals surface area contributed by atoms with E-state index in [0.717, 1.165) is 100 Å². The molecule has 0 radical (unpaired) electrons. The Morgan fingerprint density at radius 1 is 0.237 bits per heavy atom. The minimum Gasteiger partial charge on any atom is -0.309 e. The van der Waals surface area contributed by atoms with Gasteiger partial charge in [-0.2, -0.15) is 0 Å². The van der Waals surface area contributed by atoms with Gasteiger partial charge in [-0.15, -0.1) is 0 Å². The number of pyridine rings is 4. The standard InChI is InChI=1S/C70H40F4N6/c71-47-13-21-65-55(35-47)56-36-48(72)14-22-66(56)79(65)51-18-20-54-59(39-51)69(45-31-41(61-9-1-5-25-75-61)29-42(32-45)62-10-2-6-26-76-62)53-19-17-52(80-67-23-15-49(73)37-57(67)58-38-50(74)16-24-68(58)80)40-60(53)70(54)46-33-43(63-11-3-7-27-77-63)30-44(34-46)64-12-4-8-28-78-64/h1-40H. The molecule has 0 fully saturated rings. The van der Waals surface area contributed by atoms with E-state index in [4.69, 9.17) is 19.9 Å². The highest BCUT2D eigenvalue weighted by atomic mass is 19.1. The van der Waals surface area contributed by atoms with Crippen LogP contribution in [-0.2, 0) is 0 Å². The van der Waals surface area contributed by atoms with Gasteiger partial charge in [-0.05, 0) is 226 Å². The summed E-state index contributed by atoms with van der Waals surface area (Å²) in [6.45, 7) is 0. The van der Waals surface area contributed by atoms with Gasteiger partial charge in [0.25, 0.3) is 0 Å². The molecule has 0 saturated heterocycles. The second-order valence-corrected chi connectivity index (χ2v) is 20.0. The summed E-state index contributed by atoms with van der Waals surface area (Å²) < 4.78 is 65.0. The van der Waals surface area contributed by atoms with Crippen LogP contribution in [0.25, 0.3) is 144 Å². The van der Waals surface area contributed by atoms with E-state index >= 15 is 17.6 Å². The molecule has 80 heavy (non-hydrogen) atoms. The number of halogens is 4. The zero-order valence-corrected chi connectivity index (χ0v) is 42.3. The van der Waals surface area contributed by atoms with Gasteiger partial charge in [0.05, 0.1) is 44.8 Å². The molecule has 10 heteroatoms. The summed E-state index contributed by atoms with van der Waals surface area (Å²) in [5, 5.41) is 5.88. The van der Waals surface area contributed by atoms with Crippen molar-refractivity contribution in [3.63, 3.8) is 0 Å². The Kier molecular flexibility index (Phi) is 10.8. The first-order chi connectivity index (χ1) is 39.3. The molecule has 0 spiro atoms. The summed E-state index contributed by atoms with van der Waals surface area (Å²) in [5.74, 6) is -1.70. The number of benzene rings is 9. The molecule has 6 heterocycles. The molecule has 9 aromatic carbocycles. The van der Waals surface area contributed by atoms with E-state index in [1.54, 1.807) is 49.1 Å². The van der Waals surface area contributed by atoms with Crippen LogP contribution >= 0.6 is 0 Å².